The number of nitrogens with zero attached hydrogens (tertiary/aromatic N) is 3. The molecule has 172 valence electrons. The fourth-order valence-corrected chi connectivity index (χ4v) is 3.91. The fraction of sp³-hybridized carbons (Fsp3) is 0.200. The largest absolute Gasteiger partial charge is 0.467 e. The molecule has 0 bridgehead atoms. The van der Waals surface area contributed by atoms with E-state index in [1.165, 1.54) is 11.3 Å². The van der Waals surface area contributed by atoms with E-state index in [2.05, 4.69) is 5.10 Å². The summed E-state index contributed by atoms with van der Waals surface area (Å²) in [4.78, 5) is 37.5. The van der Waals surface area contributed by atoms with Crippen LogP contribution in [0.5, 0.6) is 0 Å². The highest BCUT2D eigenvalue weighted by Gasteiger charge is 2.35. The summed E-state index contributed by atoms with van der Waals surface area (Å²) >= 11 is 0. The standard InChI is InChI=1S/C25H21N3O6/c1-16-8-10-17(11-9-16)18-13-20(21-7-4-12-32-21)28(26-18)23(29)15-33-24(30)14-27-19-5-2-3-6-22(19)34-25(27)31/h2-12,20H,13-15H2,1H3. The minimum atomic E-state index is -0.738. The highest BCUT2D eigenvalue weighted by atomic mass is 16.5. The van der Waals surface area contributed by atoms with Gasteiger partial charge in [0.25, 0.3) is 5.91 Å². The molecule has 1 aliphatic heterocycles. The number of aromatic nitrogens is 1. The quantitative estimate of drug-likeness (QED) is 0.409. The van der Waals surface area contributed by atoms with Crippen LogP contribution in [0.2, 0.25) is 0 Å². The van der Waals surface area contributed by atoms with E-state index in [9.17, 15) is 14.4 Å². The smallest absolute Gasteiger partial charge is 0.420 e. The second-order valence-electron chi connectivity index (χ2n) is 7.97. The molecule has 0 radical (unpaired) electrons. The van der Waals surface area contributed by atoms with Crippen LogP contribution in [0.15, 0.2) is 85.7 Å². The van der Waals surface area contributed by atoms with Crippen molar-refractivity contribution in [3.63, 3.8) is 0 Å². The molecule has 2 aromatic heterocycles. The summed E-state index contributed by atoms with van der Waals surface area (Å²) < 4.78 is 17.0. The summed E-state index contributed by atoms with van der Waals surface area (Å²) in [5.74, 6) is -1.32. The maximum Gasteiger partial charge on any atom is 0.420 e. The highest BCUT2D eigenvalue weighted by Crippen LogP contribution is 2.33. The van der Waals surface area contributed by atoms with Crippen LogP contribution in [0.4, 0.5) is 0 Å². The molecule has 1 amide bonds. The van der Waals surface area contributed by atoms with Crippen molar-refractivity contribution in [2.24, 2.45) is 5.10 Å². The van der Waals surface area contributed by atoms with Crippen molar-refractivity contribution in [3.05, 3.63) is 94.4 Å². The molecule has 0 N–H and O–H groups in total. The first-order valence-electron chi connectivity index (χ1n) is 10.7. The van der Waals surface area contributed by atoms with Gasteiger partial charge < -0.3 is 13.6 Å². The number of carbonyl (C=O) groups excluding carboxylic acids is 2. The first-order valence-corrected chi connectivity index (χ1v) is 10.7. The molecule has 0 aliphatic carbocycles. The first kappa shape index (κ1) is 21.4. The van der Waals surface area contributed by atoms with Crippen LogP contribution in [0.25, 0.3) is 11.1 Å². The second kappa shape index (κ2) is 8.86. The van der Waals surface area contributed by atoms with Gasteiger partial charge in [-0.3, -0.25) is 14.2 Å². The Morgan fingerprint density at radius 1 is 1.09 bits per heavy atom. The van der Waals surface area contributed by atoms with E-state index in [-0.39, 0.29) is 6.54 Å². The van der Waals surface area contributed by atoms with Gasteiger partial charge >= 0.3 is 11.7 Å². The zero-order valence-corrected chi connectivity index (χ0v) is 18.3. The van der Waals surface area contributed by atoms with E-state index in [4.69, 9.17) is 13.6 Å². The molecule has 0 spiro atoms. The van der Waals surface area contributed by atoms with Gasteiger partial charge in [-0.2, -0.15) is 5.10 Å². The Kier molecular flexibility index (Phi) is 5.59. The number of hydrogen-bond donors (Lipinski definition) is 0. The van der Waals surface area contributed by atoms with Crippen molar-refractivity contribution in [3.8, 4) is 0 Å². The number of amides is 1. The Morgan fingerprint density at radius 2 is 1.88 bits per heavy atom. The first-order chi connectivity index (χ1) is 16.5. The summed E-state index contributed by atoms with van der Waals surface area (Å²) in [6.07, 6.45) is 2.00. The number of aryl methyl sites for hydroxylation is 1. The number of benzene rings is 2. The SMILES string of the molecule is Cc1ccc(C2=NN(C(=O)COC(=O)Cn3c(=O)oc4ccccc43)C(c3ccco3)C2)cc1. The molecule has 4 aromatic rings. The van der Waals surface area contributed by atoms with Crippen molar-refractivity contribution >= 4 is 28.7 Å². The average Bonchev–Trinajstić information content (AvgIpc) is 3.57. The lowest BCUT2D eigenvalue weighted by atomic mass is 10.0. The predicted octanol–water partition coefficient (Wildman–Crippen LogP) is 3.42. The van der Waals surface area contributed by atoms with E-state index in [1.807, 2.05) is 31.2 Å². The van der Waals surface area contributed by atoms with Crippen molar-refractivity contribution < 1.29 is 23.2 Å². The van der Waals surface area contributed by atoms with E-state index < -0.39 is 30.3 Å². The molecule has 2 aromatic carbocycles. The normalized spacial score (nSPS) is 15.5. The van der Waals surface area contributed by atoms with Gasteiger partial charge in [0.15, 0.2) is 12.2 Å². The summed E-state index contributed by atoms with van der Waals surface area (Å²) in [6.45, 7) is 1.10. The van der Waals surface area contributed by atoms with Crippen LogP contribution in [-0.2, 0) is 20.9 Å². The van der Waals surface area contributed by atoms with Crippen LogP contribution in [0.3, 0.4) is 0 Å². The number of furan rings is 1. The summed E-state index contributed by atoms with van der Waals surface area (Å²) in [6, 6.07) is 17.7. The van der Waals surface area contributed by atoms with E-state index in [1.54, 1.807) is 36.4 Å². The molecule has 0 fully saturated rings. The van der Waals surface area contributed by atoms with Crippen LogP contribution in [-0.4, -0.2) is 33.8 Å². The van der Waals surface area contributed by atoms with Crippen LogP contribution in [0.1, 0.15) is 29.3 Å². The molecule has 5 rings (SSSR count). The lowest BCUT2D eigenvalue weighted by Gasteiger charge is -2.19. The molecule has 9 nitrogen and oxygen atoms in total. The number of hydrogen-bond acceptors (Lipinski definition) is 7. The minimum absolute atomic E-state index is 0.368. The zero-order chi connectivity index (χ0) is 23.7. The van der Waals surface area contributed by atoms with Gasteiger partial charge in [-0.15, -0.1) is 0 Å². The van der Waals surface area contributed by atoms with E-state index in [0.717, 1.165) is 21.4 Å². The Bertz CT molecular complexity index is 1430. The number of hydrazone groups is 1. The third-order valence-electron chi connectivity index (χ3n) is 5.64. The number of para-hydroxylation sites is 2. The van der Waals surface area contributed by atoms with Crippen LogP contribution >= 0.6 is 0 Å². The molecule has 3 heterocycles. The minimum Gasteiger partial charge on any atom is -0.467 e. The molecule has 34 heavy (non-hydrogen) atoms. The second-order valence-corrected chi connectivity index (χ2v) is 7.97. The number of oxazole rings is 1. The average molecular weight is 459 g/mol. The van der Waals surface area contributed by atoms with Gasteiger partial charge in [-0.05, 0) is 36.8 Å². The maximum atomic E-state index is 13.0. The predicted molar refractivity (Wildman–Crippen MR) is 122 cm³/mol. The molecular formula is C25H21N3O6. The number of ether oxygens (including phenoxy) is 1. The summed E-state index contributed by atoms with van der Waals surface area (Å²) in [5.41, 5.74) is 3.60. The Labute approximate surface area is 193 Å². The maximum absolute atomic E-state index is 13.0. The molecule has 0 saturated heterocycles. The molecule has 9 heteroatoms. The number of esters is 1. The highest BCUT2D eigenvalue weighted by molar-refractivity contribution is 6.03. The molecule has 1 unspecified atom stereocenters. The van der Waals surface area contributed by atoms with Crippen molar-refractivity contribution in [1.29, 1.82) is 0 Å². The Balaban J connectivity index is 1.30. The summed E-state index contributed by atoms with van der Waals surface area (Å²) in [5, 5.41) is 5.81. The van der Waals surface area contributed by atoms with E-state index >= 15 is 0 Å². The zero-order valence-electron chi connectivity index (χ0n) is 18.3. The fourth-order valence-electron chi connectivity index (χ4n) is 3.91. The van der Waals surface area contributed by atoms with Gasteiger partial charge in [0.05, 0.1) is 17.5 Å². The number of carbonyl (C=O) groups is 2. The third kappa shape index (κ3) is 4.15. The van der Waals surface area contributed by atoms with Gasteiger partial charge in [-0.25, -0.2) is 9.80 Å². The van der Waals surface area contributed by atoms with Crippen molar-refractivity contribution in [1.82, 2.24) is 9.58 Å². The molecule has 1 atom stereocenters. The molecule has 1 aliphatic rings. The summed E-state index contributed by atoms with van der Waals surface area (Å²) in [7, 11) is 0. The molecule has 0 saturated carbocycles. The third-order valence-corrected chi connectivity index (χ3v) is 5.64. The molecular weight excluding hydrogens is 438 g/mol. The monoisotopic (exact) mass is 459 g/mol. The Morgan fingerprint density at radius 3 is 2.65 bits per heavy atom. The lowest BCUT2D eigenvalue weighted by Crippen LogP contribution is -2.32. The van der Waals surface area contributed by atoms with Gasteiger partial charge in [-0.1, -0.05) is 42.0 Å². The van der Waals surface area contributed by atoms with Gasteiger partial charge in [0.1, 0.15) is 18.3 Å². The Hall–Kier alpha value is -4.40. The topological polar surface area (TPSA) is 107 Å². The van der Waals surface area contributed by atoms with Gasteiger partial charge in [0.2, 0.25) is 0 Å². The van der Waals surface area contributed by atoms with Crippen LogP contribution < -0.4 is 5.76 Å². The van der Waals surface area contributed by atoms with Crippen LogP contribution in [0, 0.1) is 6.92 Å². The van der Waals surface area contributed by atoms with E-state index in [0.29, 0.717) is 23.3 Å². The van der Waals surface area contributed by atoms with Crippen molar-refractivity contribution in [2.45, 2.75) is 25.9 Å². The lowest BCUT2D eigenvalue weighted by molar-refractivity contribution is -0.153. The van der Waals surface area contributed by atoms with Crippen molar-refractivity contribution in [2.75, 3.05) is 6.61 Å². The van der Waals surface area contributed by atoms with Gasteiger partial charge in [0, 0.05) is 6.42 Å². The number of fused-ring (bicyclic) bond motifs is 1. The number of rotatable bonds is 6.